The molecule has 0 heterocycles. The fourth-order valence-corrected chi connectivity index (χ4v) is 2.41. The molecule has 1 atom stereocenters. The maximum Gasteiger partial charge on any atom is 0.241 e. The van der Waals surface area contributed by atoms with E-state index in [1.54, 1.807) is 0 Å². The van der Waals surface area contributed by atoms with Crippen molar-refractivity contribution in [3.05, 3.63) is 27.1 Å². The lowest BCUT2D eigenvalue weighted by molar-refractivity contribution is -0.119. The fourth-order valence-electron chi connectivity index (χ4n) is 1.21. The highest BCUT2D eigenvalue weighted by Gasteiger charge is 2.28. The molecule has 1 aromatic carbocycles. The van der Waals surface area contributed by atoms with Gasteiger partial charge in [0.2, 0.25) is 5.91 Å². The Hall–Kier alpha value is -0.390. The Kier molecular flexibility index (Phi) is 4.75. The molecule has 0 spiro atoms. The quantitative estimate of drug-likeness (QED) is 0.844. The van der Waals surface area contributed by atoms with Crippen molar-refractivity contribution in [2.75, 3.05) is 5.32 Å². The van der Waals surface area contributed by atoms with Crippen molar-refractivity contribution < 1.29 is 4.79 Å². The van der Waals surface area contributed by atoms with E-state index in [4.69, 9.17) is 5.73 Å². The number of carbonyl (C=O) groups is 1. The van der Waals surface area contributed by atoms with Crippen LogP contribution in [0.25, 0.3) is 0 Å². The van der Waals surface area contributed by atoms with Gasteiger partial charge in [-0.05, 0) is 49.4 Å². The maximum atomic E-state index is 12.0. The van der Waals surface area contributed by atoms with Crippen LogP contribution >= 0.6 is 31.9 Å². The van der Waals surface area contributed by atoms with Crippen molar-refractivity contribution in [2.45, 2.75) is 26.8 Å². The number of benzene rings is 1. The highest BCUT2D eigenvalue weighted by Crippen LogP contribution is 2.31. The zero-order valence-electron chi connectivity index (χ0n) is 10.1. The fraction of sp³-hybridized carbons (Fsp3) is 0.417. The lowest BCUT2D eigenvalue weighted by Crippen LogP contribution is -2.45. The average Bonchev–Trinajstić information content (AvgIpc) is 2.21. The first-order chi connectivity index (χ1) is 7.73. The van der Waals surface area contributed by atoms with Crippen LogP contribution in [0, 0.1) is 5.41 Å². The van der Waals surface area contributed by atoms with Crippen molar-refractivity contribution >= 4 is 43.5 Å². The molecule has 3 N–H and O–H groups in total. The number of anilines is 1. The molecular weight excluding hydrogens is 348 g/mol. The summed E-state index contributed by atoms with van der Waals surface area (Å²) in [6.07, 6.45) is 0. The minimum atomic E-state index is -0.554. The number of rotatable bonds is 2. The molecular formula is C12H16Br2N2O. The average molecular weight is 364 g/mol. The number of nitrogens with two attached hydrogens (primary N) is 1. The molecule has 0 fully saturated rings. The van der Waals surface area contributed by atoms with E-state index in [2.05, 4.69) is 37.2 Å². The topological polar surface area (TPSA) is 55.1 Å². The molecule has 94 valence electrons. The van der Waals surface area contributed by atoms with Crippen LogP contribution in [0.15, 0.2) is 27.1 Å². The first-order valence-corrected chi connectivity index (χ1v) is 6.82. The van der Waals surface area contributed by atoms with Crippen molar-refractivity contribution in [1.82, 2.24) is 0 Å². The summed E-state index contributed by atoms with van der Waals surface area (Å²) in [6, 6.07) is 5.06. The second-order valence-electron chi connectivity index (χ2n) is 4.93. The lowest BCUT2D eigenvalue weighted by atomic mass is 9.87. The predicted molar refractivity (Wildman–Crippen MR) is 77.9 cm³/mol. The summed E-state index contributed by atoms with van der Waals surface area (Å²) in [5.74, 6) is -0.190. The van der Waals surface area contributed by atoms with Crippen LogP contribution in [0.4, 0.5) is 5.69 Å². The van der Waals surface area contributed by atoms with Crippen LogP contribution in [0.5, 0.6) is 0 Å². The van der Waals surface area contributed by atoms with Gasteiger partial charge in [0, 0.05) is 8.95 Å². The van der Waals surface area contributed by atoms with E-state index >= 15 is 0 Å². The summed E-state index contributed by atoms with van der Waals surface area (Å²) in [7, 11) is 0. The first kappa shape index (κ1) is 14.7. The summed E-state index contributed by atoms with van der Waals surface area (Å²) in [5, 5.41) is 2.83. The zero-order valence-corrected chi connectivity index (χ0v) is 13.2. The molecule has 0 saturated heterocycles. The largest absolute Gasteiger partial charge is 0.323 e. The van der Waals surface area contributed by atoms with E-state index in [-0.39, 0.29) is 11.3 Å². The SMILES string of the molecule is CC(C)(C)C(N)C(=O)Nc1c(Br)cccc1Br. The Balaban J connectivity index is 2.89. The van der Waals surface area contributed by atoms with Gasteiger partial charge in [-0.15, -0.1) is 0 Å². The monoisotopic (exact) mass is 362 g/mol. The third kappa shape index (κ3) is 3.79. The first-order valence-electron chi connectivity index (χ1n) is 5.24. The van der Waals surface area contributed by atoms with Gasteiger partial charge in [0.15, 0.2) is 0 Å². The molecule has 1 unspecified atom stereocenters. The van der Waals surface area contributed by atoms with Gasteiger partial charge in [0.1, 0.15) is 0 Å². The molecule has 0 aliphatic rings. The molecule has 1 rings (SSSR count). The van der Waals surface area contributed by atoms with E-state index in [9.17, 15) is 4.79 Å². The second-order valence-corrected chi connectivity index (χ2v) is 6.64. The van der Waals surface area contributed by atoms with Gasteiger partial charge in [-0.3, -0.25) is 4.79 Å². The molecule has 0 bridgehead atoms. The Bertz CT molecular complexity index is 407. The van der Waals surface area contributed by atoms with Crippen LogP contribution < -0.4 is 11.1 Å². The summed E-state index contributed by atoms with van der Waals surface area (Å²) in [4.78, 5) is 12.0. The minimum Gasteiger partial charge on any atom is -0.323 e. The van der Waals surface area contributed by atoms with E-state index < -0.39 is 6.04 Å². The predicted octanol–water partition coefficient (Wildman–Crippen LogP) is 3.52. The van der Waals surface area contributed by atoms with Crippen LogP contribution in [0.1, 0.15) is 20.8 Å². The normalized spacial score (nSPS) is 13.3. The number of hydrogen-bond donors (Lipinski definition) is 2. The standard InChI is InChI=1S/C12H16Br2N2O/c1-12(2,3)10(15)11(17)16-9-7(13)5-4-6-8(9)14/h4-6,10H,15H2,1-3H3,(H,16,17). The molecule has 0 aliphatic carbocycles. The van der Waals surface area contributed by atoms with Gasteiger partial charge in [-0.1, -0.05) is 26.8 Å². The molecule has 3 nitrogen and oxygen atoms in total. The third-order valence-corrected chi connectivity index (χ3v) is 3.75. The van der Waals surface area contributed by atoms with Crippen LogP contribution in [-0.2, 0) is 4.79 Å². The molecule has 5 heteroatoms. The van der Waals surface area contributed by atoms with E-state index in [0.29, 0.717) is 5.69 Å². The van der Waals surface area contributed by atoms with Gasteiger partial charge in [-0.25, -0.2) is 0 Å². The molecule has 1 amide bonds. The van der Waals surface area contributed by atoms with E-state index in [1.165, 1.54) is 0 Å². The van der Waals surface area contributed by atoms with Crippen LogP contribution in [0.3, 0.4) is 0 Å². The van der Waals surface area contributed by atoms with Gasteiger partial charge < -0.3 is 11.1 Å². The Labute approximate surface area is 118 Å². The molecule has 0 aromatic heterocycles. The lowest BCUT2D eigenvalue weighted by Gasteiger charge is -2.26. The van der Waals surface area contributed by atoms with Crippen molar-refractivity contribution in [3.8, 4) is 0 Å². The van der Waals surface area contributed by atoms with E-state index in [1.807, 2.05) is 39.0 Å². The minimum absolute atomic E-state index is 0.190. The number of amides is 1. The summed E-state index contributed by atoms with van der Waals surface area (Å²) < 4.78 is 1.64. The molecule has 0 saturated carbocycles. The highest BCUT2D eigenvalue weighted by atomic mass is 79.9. The van der Waals surface area contributed by atoms with Gasteiger partial charge in [0.25, 0.3) is 0 Å². The van der Waals surface area contributed by atoms with Crippen molar-refractivity contribution in [1.29, 1.82) is 0 Å². The third-order valence-electron chi connectivity index (χ3n) is 2.43. The number of halogens is 2. The maximum absolute atomic E-state index is 12.0. The molecule has 17 heavy (non-hydrogen) atoms. The molecule has 0 radical (unpaired) electrons. The van der Waals surface area contributed by atoms with Gasteiger partial charge in [0.05, 0.1) is 11.7 Å². The zero-order chi connectivity index (χ0) is 13.2. The molecule has 1 aromatic rings. The van der Waals surface area contributed by atoms with Gasteiger partial charge in [-0.2, -0.15) is 0 Å². The molecule has 0 aliphatic heterocycles. The van der Waals surface area contributed by atoms with Crippen molar-refractivity contribution in [3.63, 3.8) is 0 Å². The van der Waals surface area contributed by atoms with Gasteiger partial charge >= 0.3 is 0 Å². The van der Waals surface area contributed by atoms with Crippen molar-refractivity contribution in [2.24, 2.45) is 11.1 Å². The summed E-state index contributed by atoms with van der Waals surface area (Å²) >= 11 is 6.78. The number of hydrogen-bond acceptors (Lipinski definition) is 2. The summed E-state index contributed by atoms with van der Waals surface area (Å²) in [6.45, 7) is 5.81. The number of carbonyl (C=O) groups excluding carboxylic acids is 1. The highest BCUT2D eigenvalue weighted by molar-refractivity contribution is 9.11. The smallest absolute Gasteiger partial charge is 0.241 e. The summed E-state index contributed by atoms with van der Waals surface area (Å²) in [5.41, 5.74) is 6.34. The van der Waals surface area contributed by atoms with E-state index in [0.717, 1.165) is 8.95 Å². The van der Waals surface area contributed by atoms with Crippen LogP contribution in [0.2, 0.25) is 0 Å². The Morgan fingerprint density at radius 2 is 1.76 bits per heavy atom. The van der Waals surface area contributed by atoms with Crippen LogP contribution in [-0.4, -0.2) is 11.9 Å². The number of nitrogens with one attached hydrogen (secondary N) is 1. The Morgan fingerprint density at radius 3 is 2.18 bits per heavy atom. The second kappa shape index (κ2) is 5.50. The number of para-hydroxylation sites is 1. The Morgan fingerprint density at radius 1 is 1.29 bits per heavy atom.